The molecule has 1 aliphatic carbocycles. The van der Waals surface area contributed by atoms with Crippen molar-refractivity contribution in [3.05, 3.63) is 35.9 Å². The van der Waals surface area contributed by atoms with Gasteiger partial charge in [-0.05, 0) is 25.3 Å². The van der Waals surface area contributed by atoms with Crippen LogP contribution in [0.5, 0.6) is 0 Å². The minimum absolute atomic E-state index is 0.161. The normalized spacial score (nSPS) is 25.8. The molecule has 0 bridgehead atoms. The second-order valence-electron chi connectivity index (χ2n) is 5.38. The summed E-state index contributed by atoms with van der Waals surface area (Å²) >= 11 is 0. The molecule has 1 aliphatic heterocycles. The van der Waals surface area contributed by atoms with Crippen molar-refractivity contribution < 1.29 is 9.53 Å². The maximum Gasteiger partial charge on any atom is 0.233 e. The number of nitrogens with zero attached hydrogens (tertiary/aromatic N) is 1. The Labute approximate surface area is 108 Å². The van der Waals surface area contributed by atoms with Crippen molar-refractivity contribution >= 4 is 5.91 Å². The number of benzene rings is 1. The van der Waals surface area contributed by atoms with Crippen molar-refractivity contribution in [1.29, 1.82) is 0 Å². The van der Waals surface area contributed by atoms with Gasteiger partial charge in [0.05, 0.1) is 18.1 Å². The van der Waals surface area contributed by atoms with Crippen LogP contribution in [0.2, 0.25) is 0 Å². The van der Waals surface area contributed by atoms with E-state index in [2.05, 4.69) is 12.1 Å². The van der Waals surface area contributed by atoms with Crippen LogP contribution in [-0.4, -0.2) is 36.6 Å². The van der Waals surface area contributed by atoms with Crippen LogP contribution in [-0.2, 0) is 14.9 Å². The first-order valence-electron chi connectivity index (χ1n) is 6.69. The van der Waals surface area contributed by atoms with E-state index in [1.807, 2.05) is 30.0 Å². The molecular weight excluding hydrogens is 226 g/mol. The molecule has 2 aliphatic rings. The average molecular weight is 245 g/mol. The molecule has 3 nitrogen and oxygen atoms in total. The van der Waals surface area contributed by atoms with E-state index >= 15 is 0 Å². The molecule has 3 heteroatoms. The molecule has 1 aromatic rings. The summed E-state index contributed by atoms with van der Waals surface area (Å²) in [5.41, 5.74) is 0.951. The maximum atomic E-state index is 12.7. The van der Waals surface area contributed by atoms with Gasteiger partial charge in [0, 0.05) is 13.1 Å². The summed E-state index contributed by atoms with van der Waals surface area (Å²) in [5.74, 6) is 0.295. The van der Waals surface area contributed by atoms with E-state index in [-0.39, 0.29) is 11.5 Å². The molecule has 1 amide bonds. The lowest BCUT2D eigenvalue weighted by Crippen LogP contribution is -2.48. The fourth-order valence-corrected chi connectivity index (χ4v) is 2.81. The summed E-state index contributed by atoms with van der Waals surface area (Å²) in [5, 5.41) is 0. The van der Waals surface area contributed by atoms with Gasteiger partial charge < -0.3 is 9.64 Å². The third kappa shape index (κ3) is 1.93. The van der Waals surface area contributed by atoms with Crippen LogP contribution in [0.3, 0.4) is 0 Å². The van der Waals surface area contributed by atoms with Crippen LogP contribution in [0.25, 0.3) is 0 Å². The van der Waals surface area contributed by atoms with Crippen molar-refractivity contribution in [2.24, 2.45) is 0 Å². The van der Waals surface area contributed by atoms with Crippen molar-refractivity contribution in [2.45, 2.75) is 31.3 Å². The second-order valence-corrected chi connectivity index (χ2v) is 5.38. The zero-order valence-electron chi connectivity index (χ0n) is 10.8. The van der Waals surface area contributed by atoms with Crippen molar-refractivity contribution in [3.8, 4) is 0 Å². The Morgan fingerprint density at radius 3 is 2.67 bits per heavy atom. The molecule has 1 aromatic carbocycles. The molecule has 1 saturated heterocycles. The van der Waals surface area contributed by atoms with E-state index in [0.717, 1.165) is 25.9 Å². The topological polar surface area (TPSA) is 29.5 Å². The molecule has 1 heterocycles. The largest absolute Gasteiger partial charge is 0.375 e. The molecule has 0 spiro atoms. The zero-order chi connectivity index (χ0) is 12.6. The van der Waals surface area contributed by atoms with Crippen LogP contribution in [0, 0.1) is 0 Å². The summed E-state index contributed by atoms with van der Waals surface area (Å²) in [7, 11) is 0. The quantitative estimate of drug-likeness (QED) is 0.797. The summed E-state index contributed by atoms with van der Waals surface area (Å²) in [4.78, 5) is 14.7. The van der Waals surface area contributed by atoms with Crippen molar-refractivity contribution in [1.82, 2.24) is 4.90 Å². The van der Waals surface area contributed by atoms with Crippen LogP contribution in [0.15, 0.2) is 30.3 Å². The fourth-order valence-electron chi connectivity index (χ4n) is 2.81. The lowest BCUT2D eigenvalue weighted by Gasteiger charge is -2.34. The summed E-state index contributed by atoms with van der Waals surface area (Å²) in [6, 6.07) is 10.2. The average Bonchev–Trinajstić information content (AvgIpc) is 3.20. The van der Waals surface area contributed by atoms with E-state index in [1.165, 1.54) is 5.56 Å². The Hall–Kier alpha value is -1.35. The highest BCUT2D eigenvalue weighted by Gasteiger charge is 2.53. The summed E-state index contributed by atoms with van der Waals surface area (Å²) < 4.78 is 5.50. The van der Waals surface area contributed by atoms with Gasteiger partial charge in [0.25, 0.3) is 0 Å². The summed E-state index contributed by atoms with van der Waals surface area (Å²) in [6.45, 7) is 4.16. The Balaban J connectivity index is 1.80. The molecule has 3 rings (SSSR count). The number of hydrogen-bond acceptors (Lipinski definition) is 2. The Morgan fingerprint density at radius 2 is 2.06 bits per heavy atom. The van der Waals surface area contributed by atoms with E-state index in [1.54, 1.807) is 0 Å². The highest BCUT2D eigenvalue weighted by Crippen LogP contribution is 2.49. The Morgan fingerprint density at radius 1 is 1.33 bits per heavy atom. The zero-order valence-corrected chi connectivity index (χ0v) is 10.8. The highest BCUT2D eigenvalue weighted by atomic mass is 16.5. The first-order chi connectivity index (χ1) is 8.72. The van der Waals surface area contributed by atoms with E-state index < -0.39 is 0 Å². The van der Waals surface area contributed by atoms with E-state index in [4.69, 9.17) is 4.74 Å². The Bertz CT molecular complexity index is 439. The molecule has 18 heavy (non-hydrogen) atoms. The van der Waals surface area contributed by atoms with Crippen LogP contribution in [0.1, 0.15) is 25.3 Å². The molecule has 96 valence electrons. The van der Waals surface area contributed by atoms with E-state index in [9.17, 15) is 4.79 Å². The lowest BCUT2D eigenvalue weighted by molar-refractivity contribution is -0.140. The minimum atomic E-state index is -0.224. The standard InChI is InChI=1S/C15H19NO2/c1-12-11-16(9-10-18-12)14(17)15(7-8-15)13-5-3-2-4-6-13/h2-6,12H,7-11H2,1H3. The predicted octanol–water partition coefficient (Wildman–Crippen LogP) is 1.97. The van der Waals surface area contributed by atoms with Gasteiger partial charge in [-0.15, -0.1) is 0 Å². The SMILES string of the molecule is CC1CN(C(=O)C2(c3ccccc3)CC2)CCO1. The lowest BCUT2D eigenvalue weighted by atomic mass is 9.94. The van der Waals surface area contributed by atoms with E-state index in [0.29, 0.717) is 12.5 Å². The molecule has 1 saturated carbocycles. The predicted molar refractivity (Wildman–Crippen MR) is 69.3 cm³/mol. The molecule has 0 radical (unpaired) electrons. The number of carbonyl (C=O) groups is 1. The molecule has 0 aromatic heterocycles. The Kier molecular flexibility index (Phi) is 2.86. The van der Waals surface area contributed by atoms with Gasteiger partial charge in [0.2, 0.25) is 5.91 Å². The number of amides is 1. The number of ether oxygens (including phenoxy) is 1. The number of carbonyl (C=O) groups excluding carboxylic acids is 1. The van der Waals surface area contributed by atoms with Gasteiger partial charge >= 0.3 is 0 Å². The van der Waals surface area contributed by atoms with Crippen molar-refractivity contribution in [2.75, 3.05) is 19.7 Å². The third-order valence-electron chi connectivity index (χ3n) is 4.01. The van der Waals surface area contributed by atoms with Gasteiger partial charge in [-0.3, -0.25) is 4.79 Å². The molecular formula is C15H19NO2. The fraction of sp³-hybridized carbons (Fsp3) is 0.533. The summed E-state index contributed by atoms with van der Waals surface area (Å²) in [6.07, 6.45) is 2.14. The molecule has 0 N–H and O–H groups in total. The second kappa shape index (κ2) is 4.39. The van der Waals surface area contributed by atoms with Gasteiger partial charge in [-0.25, -0.2) is 0 Å². The first-order valence-corrected chi connectivity index (χ1v) is 6.69. The number of hydrogen-bond donors (Lipinski definition) is 0. The molecule has 1 unspecified atom stereocenters. The molecule has 2 fully saturated rings. The van der Waals surface area contributed by atoms with Gasteiger partial charge in [-0.2, -0.15) is 0 Å². The monoisotopic (exact) mass is 245 g/mol. The van der Waals surface area contributed by atoms with Crippen LogP contribution in [0.4, 0.5) is 0 Å². The van der Waals surface area contributed by atoms with Gasteiger partial charge in [0.15, 0.2) is 0 Å². The van der Waals surface area contributed by atoms with Gasteiger partial charge in [0.1, 0.15) is 0 Å². The highest BCUT2D eigenvalue weighted by molar-refractivity contribution is 5.91. The number of morpholine rings is 1. The third-order valence-corrected chi connectivity index (χ3v) is 4.01. The minimum Gasteiger partial charge on any atom is -0.375 e. The van der Waals surface area contributed by atoms with Crippen LogP contribution < -0.4 is 0 Å². The first kappa shape index (κ1) is 11.7. The smallest absolute Gasteiger partial charge is 0.233 e. The maximum absolute atomic E-state index is 12.7. The van der Waals surface area contributed by atoms with Crippen LogP contribution >= 0.6 is 0 Å². The molecule has 1 atom stereocenters. The number of rotatable bonds is 2. The van der Waals surface area contributed by atoms with Crippen molar-refractivity contribution in [3.63, 3.8) is 0 Å². The van der Waals surface area contributed by atoms with Gasteiger partial charge in [-0.1, -0.05) is 30.3 Å².